The molecule has 2 aromatic carbocycles. The van der Waals surface area contributed by atoms with Gasteiger partial charge in [-0.2, -0.15) is 0 Å². The van der Waals surface area contributed by atoms with Gasteiger partial charge >= 0.3 is 0 Å². The molecule has 1 aliphatic heterocycles. The molecule has 142 valence electrons. The first kappa shape index (κ1) is 19.2. The van der Waals surface area contributed by atoms with E-state index in [-0.39, 0.29) is 17.7 Å². The van der Waals surface area contributed by atoms with Crippen LogP contribution in [-0.4, -0.2) is 29.8 Å². The molecule has 27 heavy (non-hydrogen) atoms. The molecule has 4 heteroatoms. The standard InChI is InChI=1S/C23H28N2O2/c1-15-5-8-21(18(4)13-15)24-22(26)19-9-11-25(12-10-19)23(27)20-7-6-16(2)17(3)14-20/h5-8,13-14,19H,9-12H2,1-4H3,(H,24,26). The summed E-state index contributed by atoms with van der Waals surface area (Å²) in [4.78, 5) is 27.2. The lowest BCUT2D eigenvalue weighted by molar-refractivity contribution is -0.121. The predicted octanol–water partition coefficient (Wildman–Crippen LogP) is 4.41. The summed E-state index contributed by atoms with van der Waals surface area (Å²) in [5.41, 5.74) is 6.18. The van der Waals surface area contributed by atoms with Gasteiger partial charge in [0.25, 0.3) is 5.91 Å². The molecule has 1 saturated heterocycles. The van der Waals surface area contributed by atoms with Crippen molar-refractivity contribution in [2.75, 3.05) is 18.4 Å². The number of nitrogens with zero attached hydrogens (tertiary/aromatic N) is 1. The fourth-order valence-corrected chi connectivity index (χ4v) is 3.59. The van der Waals surface area contributed by atoms with Gasteiger partial charge < -0.3 is 10.2 Å². The summed E-state index contributed by atoms with van der Waals surface area (Å²) >= 11 is 0. The maximum Gasteiger partial charge on any atom is 0.253 e. The maximum absolute atomic E-state index is 12.7. The van der Waals surface area contributed by atoms with Crippen LogP contribution in [0.2, 0.25) is 0 Å². The summed E-state index contributed by atoms with van der Waals surface area (Å²) < 4.78 is 0. The lowest BCUT2D eigenvalue weighted by Crippen LogP contribution is -2.41. The van der Waals surface area contributed by atoms with Gasteiger partial charge in [0, 0.05) is 30.3 Å². The third kappa shape index (κ3) is 4.38. The Morgan fingerprint density at radius 1 is 0.889 bits per heavy atom. The number of rotatable bonds is 3. The summed E-state index contributed by atoms with van der Waals surface area (Å²) in [6.45, 7) is 9.36. The molecule has 3 rings (SSSR count). The van der Waals surface area contributed by atoms with Crippen LogP contribution in [0, 0.1) is 33.6 Å². The van der Waals surface area contributed by atoms with Gasteiger partial charge in [0.1, 0.15) is 0 Å². The lowest BCUT2D eigenvalue weighted by Gasteiger charge is -2.31. The van der Waals surface area contributed by atoms with E-state index in [1.54, 1.807) is 0 Å². The molecule has 0 spiro atoms. The van der Waals surface area contributed by atoms with Crippen LogP contribution >= 0.6 is 0 Å². The second kappa shape index (κ2) is 7.95. The Bertz CT molecular complexity index is 865. The first-order valence-electron chi connectivity index (χ1n) is 9.60. The SMILES string of the molecule is Cc1ccc(NC(=O)C2CCN(C(=O)c3ccc(C)c(C)c3)CC2)c(C)c1. The molecular weight excluding hydrogens is 336 g/mol. The van der Waals surface area contributed by atoms with Gasteiger partial charge in [-0.05, 0) is 75.4 Å². The number of likely N-dealkylation sites (tertiary alicyclic amines) is 1. The van der Waals surface area contributed by atoms with Gasteiger partial charge in [-0.1, -0.05) is 23.8 Å². The Labute approximate surface area is 161 Å². The molecule has 1 heterocycles. The molecule has 0 aliphatic carbocycles. The minimum absolute atomic E-state index is 0.0468. The molecule has 0 bridgehead atoms. The molecule has 2 amide bonds. The summed E-state index contributed by atoms with van der Waals surface area (Å²) in [6, 6.07) is 11.9. The number of nitrogens with one attached hydrogen (secondary N) is 1. The quantitative estimate of drug-likeness (QED) is 0.877. The number of aryl methyl sites for hydroxylation is 4. The van der Waals surface area contributed by atoms with Gasteiger partial charge in [0.2, 0.25) is 5.91 Å². The topological polar surface area (TPSA) is 49.4 Å². The average molecular weight is 364 g/mol. The maximum atomic E-state index is 12.7. The molecular formula is C23H28N2O2. The fourth-order valence-electron chi connectivity index (χ4n) is 3.59. The number of hydrogen-bond acceptors (Lipinski definition) is 2. The Kier molecular flexibility index (Phi) is 5.64. The van der Waals surface area contributed by atoms with E-state index in [0.29, 0.717) is 25.9 Å². The Balaban J connectivity index is 1.58. The van der Waals surface area contributed by atoms with E-state index in [0.717, 1.165) is 22.4 Å². The van der Waals surface area contributed by atoms with Gasteiger partial charge in [-0.15, -0.1) is 0 Å². The number of amides is 2. The van der Waals surface area contributed by atoms with Crippen LogP contribution in [0.4, 0.5) is 5.69 Å². The van der Waals surface area contributed by atoms with Gasteiger partial charge in [0.05, 0.1) is 0 Å². The zero-order chi connectivity index (χ0) is 19.6. The molecule has 1 fully saturated rings. The molecule has 0 atom stereocenters. The highest BCUT2D eigenvalue weighted by Crippen LogP contribution is 2.23. The molecule has 0 unspecified atom stereocenters. The van der Waals surface area contributed by atoms with E-state index in [2.05, 4.69) is 11.4 Å². The normalized spacial score (nSPS) is 14.9. The van der Waals surface area contributed by atoms with Crippen LogP contribution in [0.3, 0.4) is 0 Å². The van der Waals surface area contributed by atoms with Crippen molar-refractivity contribution in [3.8, 4) is 0 Å². The Morgan fingerprint density at radius 3 is 2.22 bits per heavy atom. The summed E-state index contributed by atoms with van der Waals surface area (Å²) in [6.07, 6.45) is 1.40. The molecule has 4 nitrogen and oxygen atoms in total. The average Bonchev–Trinajstić information content (AvgIpc) is 2.65. The highest BCUT2D eigenvalue weighted by Gasteiger charge is 2.28. The van der Waals surface area contributed by atoms with E-state index in [9.17, 15) is 9.59 Å². The third-order valence-corrected chi connectivity index (χ3v) is 5.55. The lowest BCUT2D eigenvalue weighted by atomic mass is 9.95. The number of carbonyl (C=O) groups excluding carboxylic acids is 2. The number of benzene rings is 2. The van der Waals surface area contributed by atoms with Crippen molar-refractivity contribution in [1.82, 2.24) is 4.90 Å². The highest BCUT2D eigenvalue weighted by molar-refractivity contribution is 5.95. The second-order valence-electron chi connectivity index (χ2n) is 7.67. The molecule has 2 aromatic rings. The van der Waals surface area contributed by atoms with Crippen molar-refractivity contribution in [3.63, 3.8) is 0 Å². The van der Waals surface area contributed by atoms with E-state index in [4.69, 9.17) is 0 Å². The molecule has 0 aromatic heterocycles. The Hall–Kier alpha value is -2.62. The summed E-state index contributed by atoms with van der Waals surface area (Å²) in [5, 5.41) is 3.05. The zero-order valence-electron chi connectivity index (χ0n) is 16.6. The van der Waals surface area contributed by atoms with E-state index < -0.39 is 0 Å². The largest absolute Gasteiger partial charge is 0.339 e. The predicted molar refractivity (Wildman–Crippen MR) is 109 cm³/mol. The third-order valence-electron chi connectivity index (χ3n) is 5.55. The second-order valence-corrected chi connectivity index (χ2v) is 7.67. The minimum atomic E-state index is -0.0468. The van der Waals surface area contributed by atoms with Crippen molar-refractivity contribution in [2.24, 2.45) is 5.92 Å². The minimum Gasteiger partial charge on any atom is -0.339 e. The zero-order valence-corrected chi connectivity index (χ0v) is 16.6. The Morgan fingerprint density at radius 2 is 1.59 bits per heavy atom. The van der Waals surface area contributed by atoms with E-state index in [1.165, 1.54) is 11.1 Å². The first-order chi connectivity index (χ1) is 12.8. The molecule has 0 saturated carbocycles. The number of anilines is 1. The van der Waals surface area contributed by atoms with Crippen LogP contribution in [0.25, 0.3) is 0 Å². The summed E-state index contributed by atoms with van der Waals surface area (Å²) in [7, 11) is 0. The van der Waals surface area contributed by atoms with E-state index in [1.807, 2.05) is 62.9 Å². The van der Waals surface area contributed by atoms with Crippen LogP contribution in [0.5, 0.6) is 0 Å². The summed E-state index contributed by atoms with van der Waals surface area (Å²) in [5.74, 6) is 0.0704. The van der Waals surface area contributed by atoms with Crippen LogP contribution in [0.15, 0.2) is 36.4 Å². The van der Waals surface area contributed by atoms with Crippen molar-refractivity contribution in [2.45, 2.75) is 40.5 Å². The number of carbonyl (C=O) groups is 2. The van der Waals surface area contributed by atoms with Gasteiger partial charge in [0.15, 0.2) is 0 Å². The molecule has 1 N–H and O–H groups in total. The number of hydrogen-bond donors (Lipinski definition) is 1. The van der Waals surface area contributed by atoms with Crippen molar-refractivity contribution in [3.05, 3.63) is 64.2 Å². The van der Waals surface area contributed by atoms with E-state index >= 15 is 0 Å². The van der Waals surface area contributed by atoms with Crippen LogP contribution < -0.4 is 5.32 Å². The highest BCUT2D eigenvalue weighted by atomic mass is 16.2. The molecule has 0 radical (unpaired) electrons. The first-order valence-corrected chi connectivity index (χ1v) is 9.60. The monoisotopic (exact) mass is 364 g/mol. The van der Waals surface area contributed by atoms with Crippen molar-refractivity contribution in [1.29, 1.82) is 0 Å². The fraction of sp³-hybridized carbons (Fsp3) is 0.391. The smallest absolute Gasteiger partial charge is 0.253 e. The molecule has 1 aliphatic rings. The van der Waals surface area contributed by atoms with Gasteiger partial charge in [-0.25, -0.2) is 0 Å². The van der Waals surface area contributed by atoms with Gasteiger partial charge in [-0.3, -0.25) is 9.59 Å². The van der Waals surface area contributed by atoms with Crippen LogP contribution in [0.1, 0.15) is 45.5 Å². The number of piperidine rings is 1. The van der Waals surface area contributed by atoms with Crippen molar-refractivity contribution < 1.29 is 9.59 Å². The van der Waals surface area contributed by atoms with Crippen molar-refractivity contribution >= 4 is 17.5 Å². The van der Waals surface area contributed by atoms with Crippen LogP contribution in [-0.2, 0) is 4.79 Å².